The highest BCUT2D eigenvalue weighted by Gasteiger charge is 2.24. The molecular weight excluding hydrogens is 364 g/mol. The first-order valence-corrected chi connectivity index (χ1v) is 9.96. The molecule has 1 aromatic rings. The molecule has 0 aliphatic heterocycles. The van der Waals surface area contributed by atoms with Crippen LogP contribution >= 0.6 is 0 Å². The van der Waals surface area contributed by atoms with Gasteiger partial charge in [0, 0.05) is 12.2 Å². The molecule has 0 aliphatic rings. The number of nitrogens with one attached hydrogen (secondary N) is 1. The lowest BCUT2D eigenvalue weighted by atomic mass is 10.2. The van der Waals surface area contributed by atoms with Crippen LogP contribution in [0.4, 0.5) is 10.5 Å². The average Bonchev–Trinajstić information content (AvgIpc) is 2.66. The van der Waals surface area contributed by atoms with Crippen LogP contribution in [0.5, 0.6) is 0 Å². The zero-order valence-electron chi connectivity index (χ0n) is 17.2. The van der Waals surface area contributed by atoms with Gasteiger partial charge in [0.15, 0.2) is 0 Å². The first-order valence-electron chi connectivity index (χ1n) is 9.96. The van der Waals surface area contributed by atoms with Crippen LogP contribution in [-0.2, 0) is 4.74 Å². The lowest BCUT2D eigenvalue weighted by Crippen LogP contribution is -3.13. The molecule has 1 atom stereocenters. The van der Waals surface area contributed by atoms with Crippen molar-refractivity contribution in [2.45, 2.75) is 59.3 Å². The van der Waals surface area contributed by atoms with E-state index >= 15 is 0 Å². The molecule has 1 unspecified atom stereocenters. The SMILES string of the molecule is CCCCOC(=O)c1ccc(N(CCCC)C(=O)[NH+](C)CCCC)cc1.[Cl-]. The van der Waals surface area contributed by atoms with Crippen molar-refractivity contribution in [3.8, 4) is 0 Å². The molecule has 0 saturated heterocycles. The molecule has 1 aromatic carbocycles. The first kappa shape index (κ1) is 25.4. The van der Waals surface area contributed by atoms with E-state index in [1.54, 1.807) is 12.1 Å². The summed E-state index contributed by atoms with van der Waals surface area (Å²) in [5, 5.41) is 0. The van der Waals surface area contributed by atoms with Gasteiger partial charge in [-0.25, -0.2) is 9.59 Å². The first-order chi connectivity index (χ1) is 12.5. The Balaban J connectivity index is 0.00000676. The average molecular weight is 399 g/mol. The number of carbonyl (C=O) groups is 2. The van der Waals surface area contributed by atoms with Gasteiger partial charge in [-0.15, -0.1) is 0 Å². The molecule has 0 saturated carbocycles. The normalized spacial score (nSPS) is 11.4. The monoisotopic (exact) mass is 398 g/mol. The van der Waals surface area contributed by atoms with Crippen molar-refractivity contribution < 1.29 is 31.6 Å². The van der Waals surface area contributed by atoms with Crippen LogP contribution in [0.2, 0.25) is 0 Å². The van der Waals surface area contributed by atoms with Crippen molar-refractivity contribution in [3.05, 3.63) is 29.8 Å². The van der Waals surface area contributed by atoms with E-state index in [9.17, 15) is 9.59 Å². The fourth-order valence-electron chi connectivity index (χ4n) is 2.61. The quantitative estimate of drug-likeness (QED) is 0.440. The van der Waals surface area contributed by atoms with Crippen LogP contribution in [0, 0.1) is 0 Å². The van der Waals surface area contributed by atoms with Crippen molar-refractivity contribution >= 4 is 17.7 Å². The Hall–Kier alpha value is -1.59. The number of benzene rings is 1. The van der Waals surface area contributed by atoms with E-state index in [1.165, 1.54) is 0 Å². The maximum Gasteiger partial charge on any atom is 0.421 e. The second kappa shape index (κ2) is 14.5. The predicted octanol–water partition coefficient (Wildman–Crippen LogP) is 0.689. The second-order valence-electron chi connectivity index (χ2n) is 6.73. The minimum absolute atomic E-state index is 0. The number of hydrogen-bond acceptors (Lipinski definition) is 3. The van der Waals surface area contributed by atoms with Gasteiger partial charge >= 0.3 is 12.0 Å². The summed E-state index contributed by atoms with van der Waals surface area (Å²) >= 11 is 0. The van der Waals surface area contributed by atoms with Crippen LogP contribution < -0.4 is 22.2 Å². The number of urea groups is 1. The highest BCUT2D eigenvalue weighted by atomic mass is 35.5. The molecule has 0 aliphatic carbocycles. The molecule has 2 amide bonds. The Morgan fingerprint density at radius 2 is 1.56 bits per heavy atom. The maximum absolute atomic E-state index is 12.8. The van der Waals surface area contributed by atoms with E-state index in [2.05, 4.69) is 20.8 Å². The highest BCUT2D eigenvalue weighted by Crippen LogP contribution is 2.17. The molecule has 6 heteroatoms. The van der Waals surface area contributed by atoms with E-state index < -0.39 is 0 Å². The van der Waals surface area contributed by atoms with E-state index in [1.807, 2.05) is 24.1 Å². The van der Waals surface area contributed by atoms with Crippen LogP contribution in [0.1, 0.15) is 69.7 Å². The minimum atomic E-state index is -0.304. The largest absolute Gasteiger partial charge is 1.00 e. The summed E-state index contributed by atoms with van der Waals surface area (Å²) in [6, 6.07) is 7.27. The molecule has 1 N–H and O–H groups in total. The third kappa shape index (κ3) is 8.76. The van der Waals surface area contributed by atoms with Crippen molar-refractivity contribution in [2.24, 2.45) is 0 Å². The molecule has 0 spiro atoms. The molecule has 27 heavy (non-hydrogen) atoms. The van der Waals surface area contributed by atoms with Gasteiger partial charge in [-0.1, -0.05) is 40.0 Å². The van der Waals surface area contributed by atoms with Gasteiger partial charge in [0.2, 0.25) is 0 Å². The summed E-state index contributed by atoms with van der Waals surface area (Å²) in [5.74, 6) is -0.304. The second-order valence-corrected chi connectivity index (χ2v) is 6.73. The molecule has 0 aromatic heterocycles. The third-order valence-electron chi connectivity index (χ3n) is 4.40. The van der Waals surface area contributed by atoms with Crippen molar-refractivity contribution in [1.29, 1.82) is 0 Å². The number of amides is 2. The maximum atomic E-state index is 12.8. The lowest BCUT2D eigenvalue weighted by Gasteiger charge is -2.24. The smallest absolute Gasteiger partial charge is 0.421 e. The molecule has 154 valence electrons. The number of rotatable bonds is 11. The zero-order chi connectivity index (χ0) is 19.4. The summed E-state index contributed by atoms with van der Waals surface area (Å²) in [7, 11) is 1.93. The van der Waals surface area contributed by atoms with Crippen LogP contribution in [0.3, 0.4) is 0 Å². The van der Waals surface area contributed by atoms with Crippen molar-refractivity contribution in [3.63, 3.8) is 0 Å². The fourth-order valence-corrected chi connectivity index (χ4v) is 2.61. The number of esters is 1. The zero-order valence-corrected chi connectivity index (χ0v) is 18.0. The number of quaternary nitrogens is 1. The highest BCUT2D eigenvalue weighted by molar-refractivity contribution is 5.91. The summed E-state index contributed by atoms with van der Waals surface area (Å²) in [6.45, 7) is 8.28. The number of nitrogens with zero attached hydrogens (tertiary/aromatic N) is 1. The topological polar surface area (TPSA) is 51.0 Å². The van der Waals surface area contributed by atoms with E-state index in [-0.39, 0.29) is 24.4 Å². The third-order valence-corrected chi connectivity index (χ3v) is 4.40. The van der Waals surface area contributed by atoms with Gasteiger partial charge in [-0.2, -0.15) is 0 Å². The van der Waals surface area contributed by atoms with E-state index in [0.717, 1.165) is 55.7 Å². The Labute approximate surface area is 170 Å². The van der Waals surface area contributed by atoms with Gasteiger partial charge in [0.25, 0.3) is 0 Å². The number of anilines is 1. The number of ether oxygens (including phenoxy) is 1. The molecule has 0 fully saturated rings. The molecule has 0 heterocycles. The summed E-state index contributed by atoms with van der Waals surface area (Å²) < 4.78 is 5.24. The van der Waals surface area contributed by atoms with E-state index in [4.69, 9.17) is 4.74 Å². The van der Waals surface area contributed by atoms with Crippen molar-refractivity contribution in [1.82, 2.24) is 0 Å². The standard InChI is InChI=1S/C21H34N2O3.ClH/c1-5-8-15-22(4)21(25)23(16-9-6-2)19-13-11-18(12-14-19)20(24)26-17-10-7-3;/h11-14H,5-10,15-17H2,1-4H3;1H. The van der Waals surface area contributed by atoms with Gasteiger partial charge in [-0.3, -0.25) is 9.80 Å². The fraction of sp³-hybridized carbons (Fsp3) is 0.619. The van der Waals surface area contributed by atoms with Gasteiger partial charge in [0.1, 0.15) is 0 Å². The summed E-state index contributed by atoms with van der Waals surface area (Å²) in [5.41, 5.74) is 1.36. The Morgan fingerprint density at radius 1 is 0.963 bits per heavy atom. The number of hydrogen-bond donors (Lipinski definition) is 1. The molecular formula is C21H35ClN2O3. The van der Waals surface area contributed by atoms with Gasteiger partial charge in [0.05, 0.1) is 25.8 Å². The molecule has 0 bridgehead atoms. The van der Waals surface area contributed by atoms with Gasteiger partial charge in [-0.05, 0) is 43.5 Å². The Morgan fingerprint density at radius 3 is 2.11 bits per heavy atom. The molecule has 1 rings (SSSR count). The molecule has 5 nitrogen and oxygen atoms in total. The minimum Gasteiger partial charge on any atom is -1.00 e. The summed E-state index contributed by atoms with van der Waals surface area (Å²) in [6.07, 6.45) is 5.95. The van der Waals surface area contributed by atoms with Crippen molar-refractivity contribution in [2.75, 3.05) is 31.6 Å². The van der Waals surface area contributed by atoms with E-state index in [0.29, 0.717) is 18.7 Å². The Kier molecular flexibility index (Phi) is 13.6. The predicted molar refractivity (Wildman–Crippen MR) is 106 cm³/mol. The molecule has 0 radical (unpaired) electrons. The van der Waals surface area contributed by atoms with Crippen LogP contribution in [0.25, 0.3) is 0 Å². The summed E-state index contributed by atoms with van der Waals surface area (Å²) in [4.78, 5) is 27.6. The Bertz CT molecular complexity index is 549. The number of unbranched alkanes of at least 4 members (excludes halogenated alkanes) is 3. The number of halogens is 1. The number of carbonyl (C=O) groups excluding carboxylic acids is 2. The van der Waals surface area contributed by atoms with Crippen LogP contribution in [-0.4, -0.2) is 38.7 Å². The lowest BCUT2D eigenvalue weighted by molar-refractivity contribution is -0.791. The van der Waals surface area contributed by atoms with Gasteiger partial charge < -0.3 is 17.1 Å². The van der Waals surface area contributed by atoms with Crippen LogP contribution in [0.15, 0.2) is 24.3 Å².